The lowest BCUT2D eigenvalue weighted by molar-refractivity contribution is -0.117. The van der Waals surface area contributed by atoms with Crippen molar-refractivity contribution in [3.05, 3.63) is 24.8 Å². The third-order valence-electron chi connectivity index (χ3n) is 2.69. The lowest BCUT2D eigenvalue weighted by atomic mass is 10.2. The molecule has 0 aromatic heterocycles. The Balaban J connectivity index is 3.01. The van der Waals surface area contributed by atoms with E-state index < -0.39 is 6.04 Å². The maximum absolute atomic E-state index is 11.9. The second-order valence-corrected chi connectivity index (χ2v) is 4.03. The van der Waals surface area contributed by atoms with Gasteiger partial charge in [0.2, 0.25) is 11.7 Å². The number of nitrogens with two attached hydrogens (primary N) is 1. The number of carbonyl (C=O) groups excluding carboxylic acids is 1. The third kappa shape index (κ3) is 3.64. The minimum Gasteiger partial charge on any atom is -0.493 e. The van der Waals surface area contributed by atoms with Crippen LogP contribution in [0.5, 0.6) is 17.2 Å². The molecule has 1 aromatic rings. The summed E-state index contributed by atoms with van der Waals surface area (Å²) in [5.74, 6) is 1.07. The van der Waals surface area contributed by atoms with Crippen molar-refractivity contribution < 1.29 is 19.0 Å². The van der Waals surface area contributed by atoms with E-state index in [1.807, 2.05) is 0 Å². The molecule has 1 unspecified atom stereocenters. The van der Waals surface area contributed by atoms with Crippen LogP contribution in [0.15, 0.2) is 24.8 Å². The molecule has 20 heavy (non-hydrogen) atoms. The molecule has 0 aliphatic heterocycles. The fourth-order valence-electron chi connectivity index (χ4n) is 1.67. The van der Waals surface area contributed by atoms with Crippen molar-refractivity contribution in [2.75, 3.05) is 26.6 Å². The number of hydrogen-bond acceptors (Lipinski definition) is 5. The highest BCUT2D eigenvalue weighted by molar-refractivity contribution is 5.95. The van der Waals surface area contributed by atoms with Gasteiger partial charge in [-0.3, -0.25) is 4.79 Å². The smallest absolute Gasteiger partial charge is 0.241 e. The van der Waals surface area contributed by atoms with E-state index in [9.17, 15) is 4.79 Å². The van der Waals surface area contributed by atoms with E-state index in [4.69, 9.17) is 19.9 Å². The highest BCUT2D eigenvalue weighted by Crippen LogP contribution is 2.39. The Kier molecular flexibility index (Phi) is 5.86. The molecular formula is C14H20N2O4. The van der Waals surface area contributed by atoms with Crippen LogP contribution in [0.4, 0.5) is 5.69 Å². The highest BCUT2D eigenvalue weighted by Gasteiger charge is 2.16. The van der Waals surface area contributed by atoms with E-state index in [1.54, 1.807) is 18.2 Å². The van der Waals surface area contributed by atoms with Gasteiger partial charge in [0.05, 0.1) is 27.4 Å². The lowest BCUT2D eigenvalue weighted by Crippen LogP contribution is -2.35. The van der Waals surface area contributed by atoms with Crippen LogP contribution in [-0.4, -0.2) is 33.3 Å². The zero-order valence-corrected chi connectivity index (χ0v) is 11.9. The molecule has 0 bridgehead atoms. The van der Waals surface area contributed by atoms with Crippen molar-refractivity contribution in [2.45, 2.75) is 12.5 Å². The minimum atomic E-state index is -0.647. The van der Waals surface area contributed by atoms with Crippen molar-refractivity contribution in [2.24, 2.45) is 5.73 Å². The van der Waals surface area contributed by atoms with Crippen molar-refractivity contribution in [1.29, 1.82) is 0 Å². The number of nitrogens with one attached hydrogen (secondary N) is 1. The van der Waals surface area contributed by atoms with Crippen LogP contribution in [0.2, 0.25) is 0 Å². The van der Waals surface area contributed by atoms with Crippen LogP contribution in [-0.2, 0) is 4.79 Å². The van der Waals surface area contributed by atoms with E-state index in [0.717, 1.165) is 0 Å². The molecule has 0 radical (unpaired) electrons. The van der Waals surface area contributed by atoms with E-state index in [2.05, 4.69) is 11.9 Å². The quantitative estimate of drug-likeness (QED) is 0.740. The Hall–Kier alpha value is -2.21. The summed E-state index contributed by atoms with van der Waals surface area (Å²) in [5, 5.41) is 2.70. The van der Waals surface area contributed by atoms with E-state index in [0.29, 0.717) is 29.4 Å². The molecule has 0 fully saturated rings. The topological polar surface area (TPSA) is 82.8 Å². The summed E-state index contributed by atoms with van der Waals surface area (Å²) in [6.07, 6.45) is 2.00. The molecule has 1 aromatic carbocycles. The minimum absolute atomic E-state index is 0.306. The van der Waals surface area contributed by atoms with Gasteiger partial charge in [-0.1, -0.05) is 6.08 Å². The molecule has 0 saturated heterocycles. The van der Waals surface area contributed by atoms with Crippen LogP contribution in [0.1, 0.15) is 6.42 Å². The largest absolute Gasteiger partial charge is 0.493 e. The number of carbonyl (C=O) groups is 1. The molecule has 0 saturated carbocycles. The average molecular weight is 280 g/mol. The van der Waals surface area contributed by atoms with Crippen molar-refractivity contribution >= 4 is 11.6 Å². The van der Waals surface area contributed by atoms with Gasteiger partial charge in [-0.25, -0.2) is 0 Å². The van der Waals surface area contributed by atoms with Gasteiger partial charge in [-0.05, 0) is 6.42 Å². The summed E-state index contributed by atoms with van der Waals surface area (Å²) < 4.78 is 15.6. The zero-order valence-electron chi connectivity index (χ0n) is 11.9. The molecule has 1 amide bonds. The van der Waals surface area contributed by atoms with Gasteiger partial charge in [0.25, 0.3) is 0 Å². The van der Waals surface area contributed by atoms with Gasteiger partial charge >= 0.3 is 0 Å². The Bertz CT molecular complexity index is 463. The lowest BCUT2D eigenvalue weighted by Gasteiger charge is -2.15. The molecule has 6 nitrogen and oxygen atoms in total. The normalized spacial score (nSPS) is 11.4. The first-order valence-corrected chi connectivity index (χ1v) is 6.04. The fraction of sp³-hybridized carbons (Fsp3) is 0.357. The van der Waals surface area contributed by atoms with Crippen molar-refractivity contribution in [3.63, 3.8) is 0 Å². The Labute approximate surface area is 118 Å². The van der Waals surface area contributed by atoms with Gasteiger partial charge < -0.3 is 25.3 Å². The van der Waals surface area contributed by atoms with Crippen LogP contribution >= 0.6 is 0 Å². The number of methoxy groups -OCH3 is 3. The maximum Gasteiger partial charge on any atom is 0.241 e. The molecular weight excluding hydrogens is 260 g/mol. The van der Waals surface area contributed by atoms with Gasteiger partial charge in [0.1, 0.15) is 0 Å². The van der Waals surface area contributed by atoms with E-state index in [1.165, 1.54) is 21.3 Å². The van der Waals surface area contributed by atoms with Gasteiger partial charge in [-0.15, -0.1) is 6.58 Å². The summed E-state index contributed by atoms with van der Waals surface area (Å²) >= 11 is 0. The number of hydrogen-bond donors (Lipinski definition) is 2. The molecule has 0 aliphatic carbocycles. The van der Waals surface area contributed by atoms with Crippen molar-refractivity contribution in [1.82, 2.24) is 0 Å². The Morgan fingerprint density at radius 1 is 1.30 bits per heavy atom. The number of ether oxygens (including phenoxy) is 3. The standard InChI is InChI=1S/C14H20N2O4/c1-5-6-10(15)14(17)16-9-7-11(18-2)13(20-4)12(8-9)19-3/h5,7-8,10H,1,6,15H2,2-4H3,(H,16,17). The number of amides is 1. The average Bonchev–Trinajstić information content (AvgIpc) is 2.46. The summed E-state index contributed by atoms with van der Waals surface area (Å²) in [7, 11) is 4.53. The van der Waals surface area contributed by atoms with Gasteiger partial charge in [0, 0.05) is 17.8 Å². The molecule has 0 aliphatic rings. The number of rotatable bonds is 7. The number of benzene rings is 1. The first-order chi connectivity index (χ1) is 9.57. The Morgan fingerprint density at radius 2 is 1.85 bits per heavy atom. The molecule has 6 heteroatoms. The van der Waals surface area contributed by atoms with E-state index >= 15 is 0 Å². The molecule has 0 heterocycles. The zero-order chi connectivity index (χ0) is 15.1. The molecule has 0 spiro atoms. The van der Waals surface area contributed by atoms with Crippen LogP contribution in [0.3, 0.4) is 0 Å². The summed E-state index contributed by atoms with van der Waals surface area (Å²) in [6.45, 7) is 3.55. The predicted molar refractivity (Wildman–Crippen MR) is 77.5 cm³/mol. The second-order valence-electron chi connectivity index (χ2n) is 4.03. The third-order valence-corrected chi connectivity index (χ3v) is 2.69. The van der Waals surface area contributed by atoms with Crippen LogP contribution in [0, 0.1) is 0 Å². The molecule has 1 atom stereocenters. The van der Waals surface area contributed by atoms with E-state index in [-0.39, 0.29) is 5.91 Å². The maximum atomic E-state index is 11.9. The molecule has 110 valence electrons. The SMILES string of the molecule is C=CCC(N)C(=O)Nc1cc(OC)c(OC)c(OC)c1. The highest BCUT2D eigenvalue weighted by atomic mass is 16.5. The predicted octanol–water partition coefficient (Wildman–Crippen LogP) is 1.55. The van der Waals surface area contributed by atoms with Gasteiger partial charge in [0.15, 0.2) is 11.5 Å². The Morgan fingerprint density at radius 3 is 2.25 bits per heavy atom. The van der Waals surface area contributed by atoms with Crippen LogP contribution < -0.4 is 25.3 Å². The first kappa shape index (κ1) is 15.8. The summed E-state index contributed by atoms with van der Waals surface area (Å²) in [4.78, 5) is 11.9. The second kappa shape index (κ2) is 7.40. The molecule has 3 N–H and O–H groups in total. The number of anilines is 1. The fourth-order valence-corrected chi connectivity index (χ4v) is 1.67. The summed E-state index contributed by atoms with van der Waals surface area (Å²) in [5.41, 5.74) is 6.22. The monoisotopic (exact) mass is 280 g/mol. The van der Waals surface area contributed by atoms with Crippen LogP contribution in [0.25, 0.3) is 0 Å². The van der Waals surface area contributed by atoms with Gasteiger partial charge in [-0.2, -0.15) is 0 Å². The molecule has 1 rings (SSSR count). The summed E-state index contributed by atoms with van der Waals surface area (Å²) in [6, 6.07) is 2.63. The van der Waals surface area contributed by atoms with Crippen molar-refractivity contribution in [3.8, 4) is 17.2 Å². The first-order valence-electron chi connectivity index (χ1n) is 6.04.